The molecule has 2 amide bonds. The van der Waals surface area contributed by atoms with Crippen LogP contribution in [0, 0.1) is 17.8 Å². The normalized spacial score (nSPS) is 33.9. The fourth-order valence-corrected chi connectivity index (χ4v) is 3.85. The molecule has 0 aromatic heterocycles. The molecule has 0 aromatic rings. The summed E-state index contributed by atoms with van der Waals surface area (Å²) in [6.07, 6.45) is 2.75. The Morgan fingerprint density at radius 3 is 2.48 bits per heavy atom. The molecule has 2 saturated heterocycles. The van der Waals surface area contributed by atoms with Crippen LogP contribution < -0.4 is 5.32 Å². The molecule has 3 aliphatic rings. The number of carboxylic acid groups (broad SMARTS) is 1. The van der Waals surface area contributed by atoms with Crippen LogP contribution in [-0.4, -0.2) is 65.7 Å². The van der Waals surface area contributed by atoms with E-state index < -0.39 is 5.97 Å². The number of carboxylic acids is 1. The van der Waals surface area contributed by atoms with E-state index in [-0.39, 0.29) is 18.0 Å². The Kier molecular flexibility index (Phi) is 4.06. The molecule has 0 radical (unpaired) electrons. The van der Waals surface area contributed by atoms with Crippen LogP contribution in [-0.2, 0) is 4.79 Å². The molecule has 2 N–H and O–H groups in total. The highest BCUT2D eigenvalue weighted by Crippen LogP contribution is 2.48. The number of nitrogens with one attached hydrogen (secondary N) is 1. The molecule has 0 aromatic carbocycles. The summed E-state index contributed by atoms with van der Waals surface area (Å²) >= 11 is 0. The van der Waals surface area contributed by atoms with Gasteiger partial charge < -0.3 is 20.2 Å². The molecule has 6 heteroatoms. The summed E-state index contributed by atoms with van der Waals surface area (Å²) in [6.45, 7) is 6.16. The first kappa shape index (κ1) is 14.6. The van der Waals surface area contributed by atoms with E-state index >= 15 is 0 Å². The van der Waals surface area contributed by atoms with Gasteiger partial charge in [-0.15, -0.1) is 0 Å². The Morgan fingerprint density at radius 2 is 1.90 bits per heavy atom. The van der Waals surface area contributed by atoms with Crippen molar-refractivity contribution in [2.75, 3.05) is 32.7 Å². The first-order chi connectivity index (χ1) is 10.1. The van der Waals surface area contributed by atoms with E-state index in [9.17, 15) is 9.59 Å². The summed E-state index contributed by atoms with van der Waals surface area (Å²) in [6, 6.07) is 0.414. The first-order valence-corrected chi connectivity index (χ1v) is 8.07. The zero-order valence-electron chi connectivity index (χ0n) is 12.6. The molecule has 0 bridgehead atoms. The smallest absolute Gasteiger partial charge is 0.320 e. The largest absolute Gasteiger partial charge is 0.481 e. The number of piperidine rings is 1. The van der Waals surface area contributed by atoms with Gasteiger partial charge in [-0.25, -0.2) is 4.79 Å². The molecular formula is C15H25N3O3. The van der Waals surface area contributed by atoms with E-state index in [1.165, 1.54) is 0 Å². The highest BCUT2D eigenvalue weighted by molar-refractivity contribution is 5.75. The molecule has 1 aliphatic carbocycles. The molecule has 3 rings (SSSR count). The first-order valence-electron chi connectivity index (χ1n) is 8.07. The summed E-state index contributed by atoms with van der Waals surface area (Å²) in [7, 11) is 0. The summed E-state index contributed by atoms with van der Waals surface area (Å²) in [5, 5.41) is 12.3. The van der Waals surface area contributed by atoms with E-state index in [1.54, 1.807) is 0 Å². The van der Waals surface area contributed by atoms with Crippen molar-refractivity contribution in [3.8, 4) is 0 Å². The Morgan fingerprint density at radius 1 is 1.19 bits per heavy atom. The summed E-state index contributed by atoms with van der Waals surface area (Å²) in [4.78, 5) is 27.4. The minimum Gasteiger partial charge on any atom is -0.481 e. The Balaban J connectivity index is 1.49. The van der Waals surface area contributed by atoms with Crippen molar-refractivity contribution in [2.45, 2.75) is 32.2 Å². The number of nitrogens with zero attached hydrogens (tertiary/aromatic N) is 2. The van der Waals surface area contributed by atoms with Crippen molar-refractivity contribution in [3.05, 3.63) is 0 Å². The second-order valence-corrected chi connectivity index (χ2v) is 6.70. The average Bonchev–Trinajstić information content (AvgIpc) is 3.28. The van der Waals surface area contributed by atoms with Crippen molar-refractivity contribution in [2.24, 2.45) is 17.8 Å². The van der Waals surface area contributed by atoms with Crippen LogP contribution in [0.1, 0.15) is 26.2 Å². The van der Waals surface area contributed by atoms with Gasteiger partial charge in [0.15, 0.2) is 0 Å². The van der Waals surface area contributed by atoms with Crippen molar-refractivity contribution in [1.29, 1.82) is 0 Å². The highest BCUT2D eigenvalue weighted by Gasteiger charge is 2.48. The Labute approximate surface area is 125 Å². The molecule has 3 fully saturated rings. The monoisotopic (exact) mass is 295 g/mol. The lowest BCUT2D eigenvalue weighted by Gasteiger charge is -2.40. The second-order valence-electron chi connectivity index (χ2n) is 6.70. The number of carbonyl (C=O) groups excluding carboxylic acids is 1. The third-order valence-corrected chi connectivity index (χ3v) is 5.32. The van der Waals surface area contributed by atoms with Gasteiger partial charge in [0.05, 0.1) is 5.92 Å². The van der Waals surface area contributed by atoms with Crippen LogP contribution in [0.4, 0.5) is 4.79 Å². The predicted molar refractivity (Wildman–Crippen MR) is 78.0 cm³/mol. The number of piperazine rings is 1. The predicted octanol–water partition coefficient (Wildman–Crippen LogP) is 0.833. The minimum absolute atomic E-state index is 0.120. The number of amides is 2. The van der Waals surface area contributed by atoms with Crippen molar-refractivity contribution in [3.63, 3.8) is 0 Å². The van der Waals surface area contributed by atoms with Crippen LogP contribution >= 0.6 is 0 Å². The number of aliphatic carboxylic acids is 1. The zero-order chi connectivity index (χ0) is 15.0. The van der Waals surface area contributed by atoms with Gasteiger partial charge >= 0.3 is 12.0 Å². The fraction of sp³-hybridized carbons (Fsp3) is 0.867. The molecular weight excluding hydrogens is 270 g/mol. The lowest BCUT2D eigenvalue weighted by molar-refractivity contribution is -0.139. The van der Waals surface area contributed by atoms with E-state index in [4.69, 9.17) is 5.11 Å². The molecule has 0 spiro atoms. The van der Waals surface area contributed by atoms with E-state index in [2.05, 4.69) is 12.2 Å². The standard InChI is InChI=1S/C15H25N3O3/c1-10-9-16-4-7-18(10)15(21)17-5-2-11(3-6-17)12-8-13(12)14(19)20/h10-13,16H,2-9H2,1H3,(H,19,20)/t10?,12?,13-/m1/s1. The number of carbonyl (C=O) groups is 2. The maximum atomic E-state index is 12.6. The van der Waals surface area contributed by atoms with Gasteiger partial charge in [0.25, 0.3) is 0 Å². The quantitative estimate of drug-likeness (QED) is 0.791. The Bertz CT molecular complexity index is 420. The Hall–Kier alpha value is -1.30. The second kappa shape index (κ2) is 5.83. The van der Waals surface area contributed by atoms with Gasteiger partial charge in [0.1, 0.15) is 0 Å². The van der Waals surface area contributed by atoms with Crippen molar-refractivity contribution in [1.82, 2.24) is 15.1 Å². The number of urea groups is 1. The molecule has 3 atom stereocenters. The van der Waals surface area contributed by atoms with Gasteiger partial charge in [-0.05, 0) is 38.0 Å². The average molecular weight is 295 g/mol. The van der Waals surface area contributed by atoms with Crippen LogP contribution in [0.5, 0.6) is 0 Å². The topological polar surface area (TPSA) is 72.9 Å². The maximum Gasteiger partial charge on any atom is 0.320 e. The number of hydrogen-bond donors (Lipinski definition) is 2. The highest BCUT2D eigenvalue weighted by atomic mass is 16.4. The third kappa shape index (κ3) is 3.00. The summed E-state index contributed by atoms with van der Waals surface area (Å²) < 4.78 is 0. The van der Waals surface area contributed by atoms with Crippen LogP contribution in [0.2, 0.25) is 0 Å². The molecule has 21 heavy (non-hydrogen) atoms. The number of rotatable bonds is 2. The lowest BCUT2D eigenvalue weighted by Crippen LogP contribution is -2.57. The van der Waals surface area contributed by atoms with E-state index in [0.717, 1.165) is 52.0 Å². The van der Waals surface area contributed by atoms with Crippen molar-refractivity contribution < 1.29 is 14.7 Å². The minimum atomic E-state index is -0.645. The van der Waals surface area contributed by atoms with E-state index in [0.29, 0.717) is 11.8 Å². The lowest BCUT2D eigenvalue weighted by atomic mass is 9.91. The van der Waals surface area contributed by atoms with Crippen molar-refractivity contribution >= 4 is 12.0 Å². The van der Waals surface area contributed by atoms with Gasteiger partial charge in [-0.1, -0.05) is 0 Å². The fourth-order valence-electron chi connectivity index (χ4n) is 3.85. The SMILES string of the molecule is CC1CNCCN1C(=O)N1CCC(C2C[C@H]2C(=O)O)CC1. The summed E-state index contributed by atoms with van der Waals surface area (Å²) in [5.74, 6) is 0.0899. The third-order valence-electron chi connectivity index (χ3n) is 5.32. The molecule has 2 aliphatic heterocycles. The number of hydrogen-bond acceptors (Lipinski definition) is 3. The molecule has 6 nitrogen and oxygen atoms in total. The van der Waals surface area contributed by atoms with E-state index in [1.807, 2.05) is 9.80 Å². The van der Waals surface area contributed by atoms with Crippen LogP contribution in [0.25, 0.3) is 0 Å². The molecule has 1 saturated carbocycles. The zero-order valence-corrected chi connectivity index (χ0v) is 12.6. The van der Waals surface area contributed by atoms with Gasteiger partial charge in [-0.3, -0.25) is 4.79 Å². The summed E-state index contributed by atoms with van der Waals surface area (Å²) in [5.41, 5.74) is 0. The molecule has 2 unspecified atom stereocenters. The molecule has 2 heterocycles. The number of likely N-dealkylation sites (tertiary alicyclic amines) is 1. The van der Waals surface area contributed by atoms with Gasteiger partial charge in [0.2, 0.25) is 0 Å². The van der Waals surface area contributed by atoms with Gasteiger partial charge in [-0.2, -0.15) is 0 Å². The van der Waals surface area contributed by atoms with Crippen LogP contribution in [0.3, 0.4) is 0 Å². The maximum absolute atomic E-state index is 12.6. The molecule has 118 valence electrons. The van der Waals surface area contributed by atoms with Crippen LogP contribution in [0.15, 0.2) is 0 Å². The van der Waals surface area contributed by atoms with Gasteiger partial charge in [0, 0.05) is 38.8 Å².